The van der Waals surface area contributed by atoms with Crippen LogP contribution in [-0.4, -0.2) is 16.4 Å². The molecule has 140 valence electrons. The highest BCUT2D eigenvalue weighted by Gasteiger charge is 2.06. The van der Waals surface area contributed by atoms with Crippen LogP contribution in [-0.2, 0) is 16.1 Å². The Kier molecular flexibility index (Phi) is 5.87. The number of nitrogens with zero attached hydrogens (tertiary/aromatic N) is 2. The molecule has 0 fully saturated rings. The Morgan fingerprint density at radius 3 is 2.61 bits per heavy atom. The first-order valence-corrected chi connectivity index (χ1v) is 8.88. The van der Waals surface area contributed by atoms with Crippen LogP contribution in [0.4, 0.5) is 11.4 Å². The van der Waals surface area contributed by atoms with E-state index in [0.717, 1.165) is 16.5 Å². The number of benzene rings is 2. The minimum atomic E-state index is -0.270. The van der Waals surface area contributed by atoms with Crippen molar-refractivity contribution in [2.45, 2.75) is 19.9 Å². The third-order valence-corrected chi connectivity index (χ3v) is 4.15. The summed E-state index contributed by atoms with van der Waals surface area (Å²) in [7, 11) is 0. The van der Waals surface area contributed by atoms with Gasteiger partial charge in [0, 0.05) is 53.6 Å². The lowest BCUT2D eigenvalue weighted by molar-refractivity contribution is -0.114. The highest BCUT2D eigenvalue weighted by atomic mass is 16.2. The van der Waals surface area contributed by atoms with Crippen LogP contribution in [0, 0.1) is 11.3 Å². The molecule has 0 radical (unpaired) electrons. The number of fused-ring (bicyclic) bond motifs is 1. The van der Waals surface area contributed by atoms with Crippen molar-refractivity contribution < 1.29 is 9.59 Å². The van der Waals surface area contributed by atoms with Crippen molar-refractivity contribution in [2.75, 3.05) is 10.6 Å². The number of hydrogen-bond donors (Lipinski definition) is 2. The highest BCUT2D eigenvalue weighted by Crippen LogP contribution is 2.23. The van der Waals surface area contributed by atoms with Crippen LogP contribution in [0.2, 0.25) is 0 Å². The summed E-state index contributed by atoms with van der Waals surface area (Å²) in [6.45, 7) is 2.04. The van der Waals surface area contributed by atoms with Crippen LogP contribution in [0.15, 0.2) is 60.8 Å². The highest BCUT2D eigenvalue weighted by molar-refractivity contribution is 6.04. The van der Waals surface area contributed by atoms with E-state index >= 15 is 0 Å². The number of hydrogen-bond acceptors (Lipinski definition) is 3. The zero-order valence-electron chi connectivity index (χ0n) is 15.5. The maximum Gasteiger partial charge on any atom is 0.248 e. The van der Waals surface area contributed by atoms with Crippen molar-refractivity contribution in [1.29, 1.82) is 5.26 Å². The summed E-state index contributed by atoms with van der Waals surface area (Å²) in [5.74, 6) is -0.440. The molecule has 0 saturated carbocycles. The maximum absolute atomic E-state index is 12.3. The molecule has 0 atom stereocenters. The smallest absolute Gasteiger partial charge is 0.248 e. The lowest BCUT2D eigenvalue weighted by Crippen LogP contribution is -2.09. The third kappa shape index (κ3) is 4.65. The van der Waals surface area contributed by atoms with Gasteiger partial charge in [0.2, 0.25) is 11.8 Å². The molecule has 6 heteroatoms. The summed E-state index contributed by atoms with van der Waals surface area (Å²) in [5, 5.41) is 15.3. The molecule has 3 aromatic rings. The number of rotatable bonds is 6. The number of carbonyl (C=O) groups is 2. The molecular weight excluding hydrogens is 352 g/mol. The summed E-state index contributed by atoms with van der Waals surface area (Å²) >= 11 is 0. The Bertz CT molecular complexity index is 1090. The summed E-state index contributed by atoms with van der Waals surface area (Å²) in [5.41, 5.74) is 3.16. The minimum Gasteiger partial charge on any atom is -0.346 e. The number of amides is 2. The summed E-state index contributed by atoms with van der Waals surface area (Å²) in [4.78, 5) is 23.5. The van der Waals surface area contributed by atoms with Crippen molar-refractivity contribution in [2.24, 2.45) is 0 Å². The molecule has 28 heavy (non-hydrogen) atoms. The fourth-order valence-electron chi connectivity index (χ4n) is 2.99. The quantitative estimate of drug-likeness (QED) is 0.637. The van der Waals surface area contributed by atoms with E-state index in [4.69, 9.17) is 5.26 Å². The molecule has 2 aromatic carbocycles. The second-order valence-electron chi connectivity index (χ2n) is 6.29. The lowest BCUT2D eigenvalue weighted by atomic mass is 10.1. The zero-order valence-corrected chi connectivity index (χ0v) is 15.5. The SMILES string of the molecule is CC(=O)Nc1cccc(NC(=O)/C=C/c2cn(CCC#N)c3ccccc23)c1. The number of anilines is 2. The van der Waals surface area contributed by atoms with Crippen LogP contribution >= 0.6 is 0 Å². The second-order valence-corrected chi connectivity index (χ2v) is 6.29. The summed E-state index contributed by atoms with van der Waals surface area (Å²) in [6, 6.07) is 17.0. The number of para-hydroxylation sites is 1. The van der Waals surface area contributed by atoms with Gasteiger partial charge in [-0.05, 0) is 30.3 Å². The molecule has 6 nitrogen and oxygen atoms in total. The first kappa shape index (κ1) is 18.9. The van der Waals surface area contributed by atoms with Crippen LogP contribution in [0.1, 0.15) is 18.9 Å². The van der Waals surface area contributed by atoms with E-state index in [1.165, 1.54) is 13.0 Å². The van der Waals surface area contributed by atoms with Gasteiger partial charge in [0.05, 0.1) is 12.5 Å². The van der Waals surface area contributed by atoms with Gasteiger partial charge in [-0.2, -0.15) is 5.26 Å². The van der Waals surface area contributed by atoms with E-state index in [1.807, 2.05) is 35.0 Å². The van der Waals surface area contributed by atoms with Crippen molar-refractivity contribution >= 4 is 40.2 Å². The average molecular weight is 372 g/mol. The topological polar surface area (TPSA) is 86.9 Å². The number of aryl methyl sites for hydroxylation is 1. The molecule has 0 unspecified atom stereocenters. The normalized spacial score (nSPS) is 10.7. The van der Waals surface area contributed by atoms with Gasteiger partial charge in [0.1, 0.15) is 0 Å². The number of nitriles is 1. The van der Waals surface area contributed by atoms with Gasteiger partial charge < -0.3 is 15.2 Å². The van der Waals surface area contributed by atoms with E-state index in [1.54, 1.807) is 30.3 Å². The molecule has 1 aromatic heterocycles. The van der Waals surface area contributed by atoms with Gasteiger partial charge in [0.25, 0.3) is 0 Å². The molecule has 0 spiro atoms. The van der Waals surface area contributed by atoms with E-state index in [2.05, 4.69) is 16.7 Å². The van der Waals surface area contributed by atoms with E-state index in [9.17, 15) is 9.59 Å². The molecule has 0 aliphatic rings. The molecule has 1 heterocycles. The Morgan fingerprint density at radius 2 is 1.86 bits per heavy atom. The maximum atomic E-state index is 12.3. The van der Waals surface area contributed by atoms with Crippen molar-refractivity contribution in [3.05, 3.63) is 66.4 Å². The van der Waals surface area contributed by atoms with Crippen molar-refractivity contribution in [3.63, 3.8) is 0 Å². The molecule has 0 aliphatic heterocycles. The third-order valence-electron chi connectivity index (χ3n) is 4.15. The Morgan fingerprint density at radius 1 is 1.11 bits per heavy atom. The van der Waals surface area contributed by atoms with Gasteiger partial charge in [0.15, 0.2) is 0 Å². The fourth-order valence-corrected chi connectivity index (χ4v) is 2.99. The molecule has 0 aliphatic carbocycles. The molecule has 2 N–H and O–H groups in total. The van der Waals surface area contributed by atoms with Gasteiger partial charge in [-0.1, -0.05) is 24.3 Å². The van der Waals surface area contributed by atoms with E-state index in [0.29, 0.717) is 24.3 Å². The molecule has 3 rings (SSSR count). The van der Waals surface area contributed by atoms with Gasteiger partial charge in [-0.15, -0.1) is 0 Å². The lowest BCUT2D eigenvalue weighted by Gasteiger charge is -2.06. The van der Waals surface area contributed by atoms with Gasteiger partial charge >= 0.3 is 0 Å². The van der Waals surface area contributed by atoms with Crippen molar-refractivity contribution in [1.82, 2.24) is 4.57 Å². The minimum absolute atomic E-state index is 0.170. The standard InChI is InChI=1S/C22H20N4O2/c1-16(27)24-18-6-4-7-19(14-18)25-22(28)11-10-17-15-26(13-5-12-23)21-9-3-2-8-20(17)21/h2-4,6-11,14-15H,5,13H2,1H3,(H,24,27)(H,25,28)/b11-10+. The average Bonchev–Trinajstić information content (AvgIpc) is 3.02. The first-order chi connectivity index (χ1) is 13.6. The Balaban J connectivity index is 1.76. The van der Waals surface area contributed by atoms with Crippen LogP contribution in [0.3, 0.4) is 0 Å². The molecule has 0 bridgehead atoms. The van der Waals surface area contributed by atoms with E-state index in [-0.39, 0.29) is 11.8 Å². The summed E-state index contributed by atoms with van der Waals surface area (Å²) < 4.78 is 2.02. The van der Waals surface area contributed by atoms with E-state index < -0.39 is 0 Å². The number of nitrogens with one attached hydrogen (secondary N) is 2. The van der Waals surface area contributed by atoms with Crippen LogP contribution in [0.25, 0.3) is 17.0 Å². The van der Waals surface area contributed by atoms with Gasteiger partial charge in [-0.3, -0.25) is 9.59 Å². The molecule has 0 saturated heterocycles. The van der Waals surface area contributed by atoms with Gasteiger partial charge in [-0.25, -0.2) is 0 Å². The van der Waals surface area contributed by atoms with Crippen molar-refractivity contribution in [3.8, 4) is 6.07 Å². The number of carbonyl (C=O) groups excluding carboxylic acids is 2. The predicted molar refractivity (Wildman–Crippen MR) is 111 cm³/mol. The molecule has 2 amide bonds. The molecular formula is C22H20N4O2. The predicted octanol–water partition coefficient (Wildman–Crippen LogP) is 4.17. The largest absolute Gasteiger partial charge is 0.346 e. The number of aromatic nitrogens is 1. The summed E-state index contributed by atoms with van der Waals surface area (Å²) in [6.07, 6.45) is 5.61. The fraction of sp³-hybridized carbons (Fsp3) is 0.136. The Hall–Kier alpha value is -3.85. The second kappa shape index (κ2) is 8.69. The zero-order chi connectivity index (χ0) is 19.9. The Labute approximate surface area is 163 Å². The monoisotopic (exact) mass is 372 g/mol. The van der Waals surface area contributed by atoms with Crippen LogP contribution in [0.5, 0.6) is 0 Å². The van der Waals surface area contributed by atoms with Crippen LogP contribution < -0.4 is 10.6 Å². The first-order valence-electron chi connectivity index (χ1n) is 8.88.